The molecule has 1 atom stereocenters. The molecule has 0 aliphatic carbocycles. The highest BCUT2D eigenvalue weighted by molar-refractivity contribution is 6.16. The molecule has 2 aromatic rings. The number of carbonyl (C=O) groups is 2. The number of nitrogens with zero attached hydrogens (tertiary/aromatic N) is 3. The zero-order valence-corrected chi connectivity index (χ0v) is 16.6. The number of benzene rings is 2. The maximum atomic E-state index is 13.2. The van der Waals surface area contributed by atoms with Crippen molar-refractivity contribution in [1.82, 2.24) is 4.90 Å². The number of halogens is 1. The number of anilines is 2. The van der Waals surface area contributed by atoms with Gasteiger partial charge in [0.25, 0.3) is 5.91 Å². The van der Waals surface area contributed by atoms with Crippen molar-refractivity contribution in [3.05, 3.63) is 60.2 Å². The Morgan fingerprint density at radius 1 is 1.04 bits per heavy atom. The fourth-order valence-electron chi connectivity index (χ4n) is 3.77. The van der Waals surface area contributed by atoms with Crippen LogP contribution in [0, 0.1) is 0 Å². The lowest BCUT2D eigenvalue weighted by atomic mass is 10.0. The van der Waals surface area contributed by atoms with Crippen molar-refractivity contribution >= 4 is 35.6 Å². The number of ether oxygens (including phenoxy) is 1. The molecule has 0 radical (unpaired) electrons. The maximum Gasteiger partial charge on any atom is 0.262 e. The van der Waals surface area contributed by atoms with E-state index in [0.717, 1.165) is 18.8 Å². The molecule has 0 N–H and O–H groups in total. The van der Waals surface area contributed by atoms with E-state index in [0.29, 0.717) is 31.0 Å². The van der Waals surface area contributed by atoms with Crippen LogP contribution in [0.15, 0.2) is 54.6 Å². The predicted octanol–water partition coefficient (Wildman–Crippen LogP) is 2.78. The van der Waals surface area contributed by atoms with Gasteiger partial charge in [0.15, 0.2) is 0 Å². The van der Waals surface area contributed by atoms with Gasteiger partial charge in [-0.05, 0) is 31.2 Å². The summed E-state index contributed by atoms with van der Waals surface area (Å²) < 4.78 is 5.37. The van der Waals surface area contributed by atoms with Crippen LogP contribution in [0.4, 0.5) is 11.4 Å². The first-order valence-electron chi connectivity index (χ1n) is 9.26. The summed E-state index contributed by atoms with van der Waals surface area (Å²) in [4.78, 5) is 31.9. The van der Waals surface area contributed by atoms with E-state index in [-0.39, 0.29) is 24.2 Å². The molecule has 2 aliphatic rings. The second-order valence-electron chi connectivity index (χ2n) is 6.81. The van der Waals surface area contributed by atoms with E-state index in [1.807, 2.05) is 55.5 Å². The summed E-state index contributed by atoms with van der Waals surface area (Å²) in [7, 11) is 0. The van der Waals surface area contributed by atoms with Crippen molar-refractivity contribution in [2.24, 2.45) is 0 Å². The summed E-state index contributed by atoms with van der Waals surface area (Å²) in [6.45, 7) is 5.01. The van der Waals surface area contributed by atoms with Crippen LogP contribution in [-0.4, -0.2) is 55.7 Å². The van der Waals surface area contributed by atoms with Gasteiger partial charge < -0.3 is 4.74 Å². The van der Waals surface area contributed by atoms with E-state index in [1.54, 1.807) is 15.9 Å². The molecule has 2 amide bonds. The number of fused-ring (bicyclic) bond motifs is 1. The Labute approximate surface area is 171 Å². The molecular weight excluding hydrogens is 378 g/mol. The summed E-state index contributed by atoms with van der Waals surface area (Å²) in [5.41, 5.74) is 2.02. The molecular formula is C21H24ClN3O3. The Morgan fingerprint density at radius 2 is 1.68 bits per heavy atom. The van der Waals surface area contributed by atoms with Crippen LogP contribution in [0.1, 0.15) is 17.3 Å². The minimum absolute atomic E-state index is 0. The minimum atomic E-state index is -0.400. The molecule has 0 saturated carbocycles. The molecule has 28 heavy (non-hydrogen) atoms. The zero-order chi connectivity index (χ0) is 18.8. The van der Waals surface area contributed by atoms with E-state index in [1.165, 1.54) is 0 Å². The van der Waals surface area contributed by atoms with Crippen LogP contribution in [0.25, 0.3) is 0 Å². The average Bonchev–Trinajstić information content (AvgIpc) is 2.70. The quantitative estimate of drug-likeness (QED) is 0.793. The topological polar surface area (TPSA) is 53.1 Å². The lowest BCUT2D eigenvalue weighted by molar-refractivity contribution is -0.121. The van der Waals surface area contributed by atoms with Crippen LogP contribution in [0.2, 0.25) is 0 Å². The number of hydrogen-bond acceptors (Lipinski definition) is 4. The highest BCUT2D eigenvalue weighted by Crippen LogP contribution is 2.34. The molecule has 6 nitrogen and oxygen atoms in total. The van der Waals surface area contributed by atoms with Gasteiger partial charge in [-0.25, -0.2) is 0 Å². The van der Waals surface area contributed by atoms with Gasteiger partial charge in [0.05, 0.1) is 31.0 Å². The normalized spacial score (nSPS) is 19.8. The molecule has 0 bridgehead atoms. The minimum Gasteiger partial charge on any atom is -0.379 e. The molecule has 1 unspecified atom stereocenters. The maximum absolute atomic E-state index is 13.2. The van der Waals surface area contributed by atoms with Gasteiger partial charge >= 0.3 is 0 Å². The van der Waals surface area contributed by atoms with E-state index in [9.17, 15) is 9.59 Å². The van der Waals surface area contributed by atoms with Crippen molar-refractivity contribution < 1.29 is 14.3 Å². The fourth-order valence-corrected chi connectivity index (χ4v) is 3.77. The SMILES string of the molecule is CC1N(c2ccccc2)C(=O)c2ccccc2N1C(=O)CN1CCOCC1.Cl. The Hall–Kier alpha value is -2.41. The number of hydrogen-bond donors (Lipinski definition) is 0. The molecule has 2 aromatic carbocycles. The lowest BCUT2D eigenvalue weighted by Crippen LogP contribution is -2.58. The molecule has 2 aliphatic heterocycles. The Morgan fingerprint density at radius 3 is 2.39 bits per heavy atom. The Balaban J connectivity index is 0.00000225. The number of amides is 2. The zero-order valence-electron chi connectivity index (χ0n) is 15.8. The largest absolute Gasteiger partial charge is 0.379 e. The molecule has 7 heteroatoms. The van der Waals surface area contributed by atoms with Crippen LogP contribution < -0.4 is 9.80 Å². The second kappa shape index (κ2) is 8.73. The van der Waals surface area contributed by atoms with E-state index in [4.69, 9.17) is 4.74 Å². The molecule has 148 valence electrons. The standard InChI is InChI=1S/C21H23N3O3.ClH/c1-16-23(17-7-3-2-4-8-17)21(26)18-9-5-6-10-19(18)24(16)20(25)15-22-11-13-27-14-12-22;/h2-10,16H,11-15H2,1H3;1H. The molecule has 1 fully saturated rings. The van der Waals surface area contributed by atoms with Gasteiger partial charge in [0.1, 0.15) is 6.17 Å². The van der Waals surface area contributed by atoms with E-state index < -0.39 is 6.17 Å². The van der Waals surface area contributed by atoms with Crippen molar-refractivity contribution in [3.63, 3.8) is 0 Å². The van der Waals surface area contributed by atoms with Crippen molar-refractivity contribution in [2.45, 2.75) is 13.1 Å². The monoisotopic (exact) mass is 401 g/mol. The highest BCUT2D eigenvalue weighted by atomic mass is 35.5. The summed E-state index contributed by atoms with van der Waals surface area (Å²) >= 11 is 0. The third kappa shape index (κ3) is 3.76. The van der Waals surface area contributed by atoms with Crippen molar-refractivity contribution in [1.29, 1.82) is 0 Å². The molecule has 2 heterocycles. The third-order valence-corrected chi connectivity index (χ3v) is 5.13. The first-order chi connectivity index (χ1) is 13.2. The first-order valence-corrected chi connectivity index (χ1v) is 9.26. The van der Waals surface area contributed by atoms with Crippen molar-refractivity contribution in [3.8, 4) is 0 Å². The number of rotatable bonds is 3. The Bertz CT molecular complexity index is 840. The molecule has 4 rings (SSSR count). The fraction of sp³-hybridized carbons (Fsp3) is 0.333. The number of morpholine rings is 1. The average molecular weight is 402 g/mol. The second-order valence-corrected chi connectivity index (χ2v) is 6.81. The Kier molecular flexibility index (Phi) is 6.34. The van der Waals surface area contributed by atoms with Crippen LogP contribution in [-0.2, 0) is 9.53 Å². The van der Waals surface area contributed by atoms with E-state index in [2.05, 4.69) is 4.90 Å². The van der Waals surface area contributed by atoms with Gasteiger partial charge in [-0.1, -0.05) is 30.3 Å². The van der Waals surface area contributed by atoms with Gasteiger partial charge in [-0.2, -0.15) is 0 Å². The van der Waals surface area contributed by atoms with Crippen LogP contribution >= 0.6 is 12.4 Å². The third-order valence-electron chi connectivity index (χ3n) is 5.13. The number of carbonyl (C=O) groups excluding carboxylic acids is 2. The summed E-state index contributed by atoms with van der Waals surface area (Å²) in [6, 6.07) is 16.8. The van der Waals surface area contributed by atoms with Crippen LogP contribution in [0.3, 0.4) is 0 Å². The predicted molar refractivity (Wildman–Crippen MR) is 111 cm³/mol. The van der Waals surface area contributed by atoms with Crippen molar-refractivity contribution in [2.75, 3.05) is 42.6 Å². The van der Waals surface area contributed by atoms with Gasteiger partial charge in [-0.3, -0.25) is 24.3 Å². The molecule has 1 saturated heterocycles. The first kappa shape index (κ1) is 20.3. The molecule has 0 spiro atoms. The molecule has 0 aromatic heterocycles. The smallest absolute Gasteiger partial charge is 0.262 e. The lowest BCUT2D eigenvalue weighted by Gasteiger charge is -2.43. The van der Waals surface area contributed by atoms with Gasteiger partial charge in [0, 0.05) is 18.8 Å². The van der Waals surface area contributed by atoms with E-state index >= 15 is 0 Å². The number of para-hydroxylation sites is 2. The summed E-state index contributed by atoms with van der Waals surface area (Å²) in [5, 5.41) is 0. The van der Waals surface area contributed by atoms with Gasteiger partial charge in [-0.15, -0.1) is 12.4 Å². The summed E-state index contributed by atoms with van der Waals surface area (Å²) in [5.74, 6) is -0.0926. The van der Waals surface area contributed by atoms with Crippen LogP contribution in [0.5, 0.6) is 0 Å². The van der Waals surface area contributed by atoms with Gasteiger partial charge in [0.2, 0.25) is 5.91 Å². The summed E-state index contributed by atoms with van der Waals surface area (Å²) in [6.07, 6.45) is -0.400. The highest BCUT2D eigenvalue weighted by Gasteiger charge is 2.39.